The van der Waals surface area contributed by atoms with E-state index in [0.29, 0.717) is 6.29 Å². The summed E-state index contributed by atoms with van der Waals surface area (Å²) >= 11 is 0. The molecule has 0 fully saturated rings. The fourth-order valence-electron chi connectivity index (χ4n) is 1.04. The number of aldehydes is 1. The van der Waals surface area contributed by atoms with Gasteiger partial charge < -0.3 is 15.0 Å². The Balaban J connectivity index is 3.02. The average Bonchev–Trinajstić information content (AvgIpc) is 2.12. The second kappa shape index (κ2) is 3.89. The Hall–Kier alpha value is -1.58. The van der Waals surface area contributed by atoms with E-state index in [-0.39, 0.29) is 24.2 Å². The number of hydrogen-bond acceptors (Lipinski definition) is 3. The van der Waals surface area contributed by atoms with Gasteiger partial charge in [-0.25, -0.2) is 4.39 Å². The van der Waals surface area contributed by atoms with Crippen LogP contribution in [0.1, 0.15) is 12.0 Å². The number of carbonyl (C=O) groups excluding carboxylic acids is 1. The van der Waals surface area contributed by atoms with E-state index in [1.807, 2.05) is 0 Å². The summed E-state index contributed by atoms with van der Waals surface area (Å²) in [7, 11) is 0. The zero-order valence-corrected chi connectivity index (χ0v) is 6.83. The fourth-order valence-corrected chi connectivity index (χ4v) is 1.04. The van der Waals surface area contributed by atoms with E-state index in [1.165, 1.54) is 0 Å². The summed E-state index contributed by atoms with van der Waals surface area (Å²) in [6.07, 6.45) is 0.840. The maximum atomic E-state index is 13.0. The highest BCUT2D eigenvalue weighted by molar-refractivity contribution is 5.52. The quantitative estimate of drug-likeness (QED) is 0.551. The lowest BCUT2D eigenvalue weighted by molar-refractivity contribution is -0.107. The van der Waals surface area contributed by atoms with Gasteiger partial charge in [-0.2, -0.15) is 0 Å². The van der Waals surface area contributed by atoms with E-state index < -0.39 is 11.6 Å². The number of halogens is 1. The summed E-state index contributed by atoms with van der Waals surface area (Å²) < 4.78 is 13.0. The molecule has 0 heterocycles. The lowest BCUT2D eigenvalue weighted by atomic mass is 10.1. The summed E-state index contributed by atoms with van der Waals surface area (Å²) in [5.41, 5.74) is -0.0212. The van der Waals surface area contributed by atoms with E-state index in [2.05, 4.69) is 0 Å². The molecule has 0 amide bonds. The standard InChI is InChI=1S/C9H9FO3/c10-7-3-4-8(12)9(13)6(7)2-1-5-11/h3-5,12-13H,1-2H2. The van der Waals surface area contributed by atoms with Crippen molar-refractivity contribution in [2.45, 2.75) is 12.8 Å². The van der Waals surface area contributed by atoms with Gasteiger partial charge in [0.05, 0.1) is 0 Å². The highest BCUT2D eigenvalue weighted by Gasteiger charge is 2.11. The maximum Gasteiger partial charge on any atom is 0.163 e. The molecule has 13 heavy (non-hydrogen) atoms. The third kappa shape index (κ3) is 1.96. The smallest absolute Gasteiger partial charge is 0.163 e. The zero-order valence-electron chi connectivity index (χ0n) is 6.83. The first-order chi connectivity index (χ1) is 6.16. The third-order valence-corrected chi connectivity index (χ3v) is 1.72. The highest BCUT2D eigenvalue weighted by atomic mass is 19.1. The maximum absolute atomic E-state index is 13.0. The summed E-state index contributed by atoms with van der Waals surface area (Å²) in [4.78, 5) is 10.0. The predicted octanol–water partition coefficient (Wildman–Crippen LogP) is 1.37. The molecule has 2 N–H and O–H groups in total. The number of phenolic OH excluding ortho intramolecular Hbond substituents is 2. The van der Waals surface area contributed by atoms with Crippen LogP contribution in [-0.2, 0) is 11.2 Å². The molecule has 70 valence electrons. The van der Waals surface area contributed by atoms with Crippen LogP contribution < -0.4 is 0 Å². The minimum atomic E-state index is -0.614. The summed E-state index contributed by atoms with van der Waals surface area (Å²) in [5, 5.41) is 18.2. The van der Waals surface area contributed by atoms with Gasteiger partial charge in [0.25, 0.3) is 0 Å². The van der Waals surface area contributed by atoms with Crippen molar-refractivity contribution in [3.63, 3.8) is 0 Å². The summed E-state index contributed by atoms with van der Waals surface area (Å²) in [6, 6.07) is 2.12. The third-order valence-electron chi connectivity index (χ3n) is 1.72. The number of benzene rings is 1. The van der Waals surface area contributed by atoms with E-state index in [0.717, 1.165) is 12.1 Å². The lowest BCUT2D eigenvalue weighted by Crippen LogP contribution is -1.92. The Kier molecular flexibility index (Phi) is 2.84. The normalized spacial score (nSPS) is 9.92. The van der Waals surface area contributed by atoms with Gasteiger partial charge in [-0.3, -0.25) is 0 Å². The molecule has 0 aliphatic rings. The van der Waals surface area contributed by atoms with Crippen molar-refractivity contribution in [2.75, 3.05) is 0 Å². The van der Waals surface area contributed by atoms with E-state index in [9.17, 15) is 14.3 Å². The Morgan fingerprint density at radius 1 is 1.38 bits per heavy atom. The van der Waals surface area contributed by atoms with Crippen molar-refractivity contribution < 1.29 is 19.4 Å². The zero-order chi connectivity index (χ0) is 9.84. The molecule has 0 atom stereocenters. The van der Waals surface area contributed by atoms with Crippen LogP contribution in [0.4, 0.5) is 4.39 Å². The van der Waals surface area contributed by atoms with E-state index in [4.69, 9.17) is 5.11 Å². The van der Waals surface area contributed by atoms with Crippen LogP contribution in [0, 0.1) is 5.82 Å². The van der Waals surface area contributed by atoms with Gasteiger partial charge in [-0.1, -0.05) is 0 Å². The van der Waals surface area contributed by atoms with Gasteiger partial charge in [0.2, 0.25) is 0 Å². The van der Waals surface area contributed by atoms with Crippen LogP contribution in [-0.4, -0.2) is 16.5 Å². The van der Waals surface area contributed by atoms with Crippen molar-refractivity contribution in [3.8, 4) is 11.5 Å². The molecule has 0 aliphatic carbocycles. The van der Waals surface area contributed by atoms with Crippen LogP contribution in [0.15, 0.2) is 12.1 Å². The lowest BCUT2D eigenvalue weighted by Gasteiger charge is -2.05. The minimum Gasteiger partial charge on any atom is -0.504 e. The molecular weight excluding hydrogens is 175 g/mol. The fraction of sp³-hybridized carbons (Fsp3) is 0.222. The van der Waals surface area contributed by atoms with Crippen molar-refractivity contribution in [1.29, 1.82) is 0 Å². The number of phenols is 2. The average molecular weight is 184 g/mol. The Morgan fingerprint density at radius 2 is 2.08 bits per heavy atom. The van der Waals surface area contributed by atoms with Crippen LogP contribution >= 0.6 is 0 Å². The molecule has 1 aromatic carbocycles. The molecule has 0 bridgehead atoms. The monoisotopic (exact) mass is 184 g/mol. The van der Waals surface area contributed by atoms with Gasteiger partial charge in [-0.15, -0.1) is 0 Å². The number of hydrogen-bond donors (Lipinski definition) is 2. The molecule has 0 spiro atoms. The van der Waals surface area contributed by atoms with Gasteiger partial charge in [0.15, 0.2) is 11.5 Å². The van der Waals surface area contributed by atoms with E-state index in [1.54, 1.807) is 0 Å². The first-order valence-corrected chi connectivity index (χ1v) is 3.79. The predicted molar refractivity (Wildman–Crippen MR) is 44.1 cm³/mol. The van der Waals surface area contributed by atoms with Crippen molar-refractivity contribution in [2.24, 2.45) is 0 Å². The second-order valence-electron chi connectivity index (χ2n) is 2.60. The number of aromatic hydroxyl groups is 2. The van der Waals surface area contributed by atoms with Crippen molar-refractivity contribution in [1.82, 2.24) is 0 Å². The molecule has 0 unspecified atom stereocenters. The molecule has 1 aromatic rings. The first-order valence-electron chi connectivity index (χ1n) is 3.79. The van der Waals surface area contributed by atoms with Crippen LogP contribution in [0.25, 0.3) is 0 Å². The largest absolute Gasteiger partial charge is 0.504 e. The molecule has 0 saturated carbocycles. The molecule has 0 saturated heterocycles. The highest BCUT2D eigenvalue weighted by Crippen LogP contribution is 2.31. The van der Waals surface area contributed by atoms with Crippen molar-refractivity contribution in [3.05, 3.63) is 23.5 Å². The summed E-state index contributed by atoms with van der Waals surface area (Å²) in [5.74, 6) is -1.47. The number of carbonyl (C=O) groups is 1. The van der Waals surface area contributed by atoms with Gasteiger partial charge in [-0.05, 0) is 18.6 Å². The van der Waals surface area contributed by atoms with Gasteiger partial charge >= 0.3 is 0 Å². The topological polar surface area (TPSA) is 57.5 Å². The molecule has 0 aliphatic heterocycles. The number of rotatable bonds is 3. The molecule has 0 radical (unpaired) electrons. The Labute approximate surface area is 74.4 Å². The SMILES string of the molecule is O=CCCc1c(F)ccc(O)c1O. The van der Waals surface area contributed by atoms with Crippen LogP contribution in [0.2, 0.25) is 0 Å². The summed E-state index contributed by atoms with van der Waals surface area (Å²) in [6.45, 7) is 0. The van der Waals surface area contributed by atoms with Gasteiger partial charge in [0, 0.05) is 12.0 Å². The van der Waals surface area contributed by atoms with Gasteiger partial charge in [0.1, 0.15) is 12.1 Å². The van der Waals surface area contributed by atoms with Crippen LogP contribution in [0.3, 0.4) is 0 Å². The Morgan fingerprint density at radius 3 is 2.69 bits per heavy atom. The Bertz CT molecular complexity index is 323. The molecule has 0 aromatic heterocycles. The first kappa shape index (κ1) is 9.51. The molecular formula is C9H9FO3. The van der Waals surface area contributed by atoms with E-state index >= 15 is 0 Å². The molecule has 4 heteroatoms. The minimum absolute atomic E-state index is 0.0212. The second-order valence-corrected chi connectivity index (χ2v) is 2.60. The van der Waals surface area contributed by atoms with Crippen molar-refractivity contribution >= 4 is 6.29 Å². The molecule has 1 rings (SSSR count). The molecule has 3 nitrogen and oxygen atoms in total. The van der Waals surface area contributed by atoms with Crippen LogP contribution in [0.5, 0.6) is 11.5 Å².